The Morgan fingerprint density at radius 3 is 2.81 bits per heavy atom. The van der Waals surface area contributed by atoms with Gasteiger partial charge in [-0.1, -0.05) is 13.3 Å². The molecule has 0 aliphatic heterocycles. The molecule has 16 heavy (non-hydrogen) atoms. The smallest absolute Gasteiger partial charge is 0.159 e. The quantitative estimate of drug-likeness (QED) is 0.795. The number of imidazole rings is 1. The molecule has 4 heteroatoms. The topological polar surface area (TPSA) is 60.9 Å². The van der Waals surface area contributed by atoms with Gasteiger partial charge in [0.25, 0.3) is 0 Å². The second-order valence-electron chi connectivity index (χ2n) is 4.40. The summed E-state index contributed by atoms with van der Waals surface area (Å²) in [5.41, 5.74) is 5.27. The van der Waals surface area contributed by atoms with Crippen molar-refractivity contribution in [3.63, 3.8) is 0 Å². The maximum absolute atomic E-state index is 12.0. The molecule has 90 valence electrons. The molecule has 0 fully saturated rings. The molecule has 2 N–H and O–H groups in total. The van der Waals surface area contributed by atoms with E-state index in [1.165, 1.54) is 0 Å². The molecule has 1 unspecified atom stereocenters. The van der Waals surface area contributed by atoms with Gasteiger partial charge < -0.3 is 10.3 Å². The number of nitrogens with zero attached hydrogens (tertiary/aromatic N) is 2. The standard InChI is InChI=1S/C12H21N3O/c1-4-6-12(3,13)10(16)9-11-14-7-8-15(11)5-2/h7-8H,4-6,9,13H2,1-3H3. The van der Waals surface area contributed by atoms with Crippen LogP contribution in [0.2, 0.25) is 0 Å². The first kappa shape index (κ1) is 12.9. The maximum atomic E-state index is 12.0. The van der Waals surface area contributed by atoms with E-state index in [0.29, 0.717) is 6.42 Å². The average Bonchev–Trinajstić information content (AvgIpc) is 2.65. The highest BCUT2D eigenvalue weighted by Gasteiger charge is 2.27. The van der Waals surface area contributed by atoms with Gasteiger partial charge in [0.1, 0.15) is 5.82 Å². The lowest BCUT2D eigenvalue weighted by Crippen LogP contribution is -2.45. The number of aryl methyl sites for hydroxylation is 1. The van der Waals surface area contributed by atoms with Gasteiger partial charge in [0.15, 0.2) is 5.78 Å². The van der Waals surface area contributed by atoms with Gasteiger partial charge in [-0.05, 0) is 20.3 Å². The molecule has 0 aliphatic rings. The first-order valence-electron chi connectivity index (χ1n) is 5.83. The number of hydrogen-bond acceptors (Lipinski definition) is 3. The van der Waals surface area contributed by atoms with E-state index in [9.17, 15) is 4.79 Å². The highest BCUT2D eigenvalue weighted by molar-refractivity contribution is 5.89. The lowest BCUT2D eigenvalue weighted by Gasteiger charge is -2.22. The monoisotopic (exact) mass is 223 g/mol. The fraction of sp³-hybridized carbons (Fsp3) is 0.667. The van der Waals surface area contributed by atoms with Crippen LogP contribution in [0.15, 0.2) is 12.4 Å². The molecular weight excluding hydrogens is 202 g/mol. The normalized spacial score (nSPS) is 14.8. The van der Waals surface area contributed by atoms with Gasteiger partial charge in [0.2, 0.25) is 0 Å². The average molecular weight is 223 g/mol. The Bertz CT molecular complexity index is 355. The molecular formula is C12H21N3O. The summed E-state index contributed by atoms with van der Waals surface area (Å²) in [6.45, 7) is 6.70. The predicted octanol–water partition coefficient (Wildman–Crippen LogP) is 1.53. The van der Waals surface area contributed by atoms with Crippen molar-refractivity contribution in [2.75, 3.05) is 0 Å². The highest BCUT2D eigenvalue weighted by atomic mass is 16.1. The van der Waals surface area contributed by atoms with Crippen molar-refractivity contribution >= 4 is 5.78 Å². The highest BCUT2D eigenvalue weighted by Crippen LogP contribution is 2.13. The minimum absolute atomic E-state index is 0.0650. The molecule has 0 amide bonds. The predicted molar refractivity (Wildman–Crippen MR) is 64.1 cm³/mol. The van der Waals surface area contributed by atoms with E-state index in [4.69, 9.17) is 5.73 Å². The van der Waals surface area contributed by atoms with Crippen LogP contribution in [0, 0.1) is 0 Å². The van der Waals surface area contributed by atoms with Crippen molar-refractivity contribution < 1.29 is 4.79 Å². The maximum Gasteiger partial charge on any atom is 0.159 e. The minimum Gasteiger partial charge on any atom is -0.335 e. The van der Waals surface area contributed by atoms with Crippen LogP contribution in [0.1, 0.15) is 39.4 Å². The van der Waals surface area contributed by atoms with Crippen molar-refractivity contribution in [3.05, 3.63) is 18.2 Å². The summed E-state index contributed by atoms with van der Waals surface area (Å²) < 4.78 is 1.97. The summed E-state index contributed by atoms with van der Waals surface area (Å²) in [6.07, 6.45) is 5.57. The molecule has 1 rings (SSSR count). The molecule has 0 saturated carbocycles. The Hall–Kier alpha value is -1.16. The first-order chi connectivity index (χ1) is 7.51. The van der Waals surface area contributed by atoms with Crippen LogP contribution >= 0.6 is 0 Å². The van der Waals surface area contributed by atoms with E-state index >= 15 is 0 Å². The summed E-state index contributed by atoms with van der Waals surface area (Å²) in [5.74, 6) is 0.871. The molecule has 0 aliphatic carbocycles. The first-order valence-corrected chi connectivity index (χ1v) is 5.83. The molecule has 1 heterocycles. The number of rotatable bonds is 6. The Kier molecular flexibility index (Phi) is 4.24. The second-order valence-corrected chi connectivity index (χ2v) is 4.40. The van der Waals surface area contributed by atoms with Crippen molar-refractivity contribution in [1.29, 1.82) is 0 Å². The van der Waals surface area contributed by atoms with Crippen LogP contribution in [0.25, 0.3) is 0 Å². The molecule has 1 aromatic rings. The zero-order chi connectivity index (χ0) is 12.2. The Morgan fingerprint density at radius 2 is 2.25 bits per heavy atom. The molecule has 4 nitrogen and oxygen atoms in total. The SMILES string of the molecule is CCCC(C)(N)C(=O)Cc1nccn1CC. The molecule has 0 saturated heterocycles. The van der Waals surface area contributed by atoms with E-state index < -0.39 is 5.54 Å². The third-order valence-corrected chi connectivity index (χ3v) is 2.87. The van der Waals surface area contributed by atoms with Gasteiger partial charge >= 0.3 is 0 Å². The Labute approximate surface area is 96.9 Å². The fourth-order valence-corrected chi connectivity index (χ4v) is 1.80. The number of Topliss-reactive ketones (excluding diaryl/α,β-unsaturated/α-hetero) is 1. The van der Waals surface area contributed by atoms with E-state index in [2.05, 4.69) is 4.98 Å². The van der Waals surface area contributed by atoms with E-state index in [1.807, 2.05) is 24.6 Å². The fourth-order valence-electron chi connectivity index (χ4n) is 1.80. The van der Waals surface area contributed by atoms with E-state index in [-0.39, 0.29) is 5.78 Å². The lowest BCUT2D eigenvalue weighted by molar-refractivity contribution is -0.123. The van der Waals surface area contributed by atoms with Gasteiger partial charge in [-0.3, -0.25) is 4.79 Å². The van der Waals surface area contributed by atoms with Crippen molar-refractivity contribution in [1.82, 2.24) is 9.55 Å². The lowest BCUT2D eigenvalue weighted by atomic mass is 9.90. The van der Waals surface area contributed by atoms with E-state index in [0.717, 1.165) is 25.2 Å². The number of nitrogens with two attached hydrogens (primary N) is 1. The summed E-state index contributed by atoms with van der Waals surface area (Å²) in [7, 11) is 0. The molecule has 0 aromatic carbocycles. The van der Waals surface area contributed by atoms with Crippen LogP contribution in [-0.4, -0.2) is 20.9 Å². The molecule has 0 bridgehead atoms. The van der Waals surface area contributed by atoms with Crippen LogP contribution in [0.4, 0.5) is 0 Å². The van der Waals surface area contributed by atoms with Crippen molar-refractivity contribution in [2.45, 2.75) is 52.1 Å². The van der Waals surface area contributed by atoms with Crippen LogP contribution in [0.3, 0.4) is 0 Å². The van der Waals surface area contributed by atoms with Crippen LogP contribution in [0.5, 0.6) is 0 Å². The Morgan fingerprint density at radius 1 is 1.56 bits per heavy atom. The summed E-state index contributed by atoms with van der Waals surface area (Å²) in [4.78, 5) is 16.2. The van der Waals surface area contributed by atoms with Gasteiger partial charge in [0, 0.05) is 18.9 Å². The van der Waals surface area contributed by atoms with Gasteiger partial charge in [-0.15, -0.1) is 0 Å². The third kappa shape index (κ3) is 2.92. The second kappa shape index (κ2) is 5.25. The molecule has 0 spiro atoms. The largest absolute Gasteiger partial charge is 0.335 e. The summed E-state index contributed by atoms with van der Waals surface area (Å²) in [5, 5.41) is 0. The number of carbonyl (C=O) groups excluding carboxylic acids is 1. The van der Waals surface area contributed by atoms with Crippen LogP contribution in [-0.2, 0) is 17.8 Å². The Balaban J connectivity index is 2.71. The number of aromatic nitrogens is 2. The van der Waals surface area contributed by atoms with Gasteiger partial charge in [-0.25, -0.2) is 4.98 Å². The van der Waals surface area contributed by atoms with E-state index in [1.54, 1.807) is 13.1 Å². The van der Waals surface area contributed by atoms with Crippen LogP contribution < -0.4 is 5.73 Å². The zero-order valence-corrected chi connectivity index (χ0v) is 10.4. The molecule has 1 atom stereocenters. The third-order valence-electron chi connectivity index (χ3n) is 2.87. The summed E-state index contributed by atoms with van der Waals surface area (Å²) in [6, 6.07) is 0. The summed E-state index contributed by atoms with van der Waals surface area (Å²) >= 11 is 0. The number of hydrogen-bond donors (Lipinski definition) is 1. The van der Waals surface area contributed by atoms with Crippen molar-refractivity contribution in [2.24, 2.45) is 5.73 Å². The number of carbonyl (C=O) groups is 1. The number of ketones is 1. The van der Waals surface area contributed by atoms with Gasteiger partial charge in [-0.2, -0.15) is 0 Å². The van der Waals surface area contributed by atoms with Gasteiger partial charge in [0.05, 0.1) is 12.0 Å². The molecule has 1 aromatic heterocycles. The minimum atomic E-state index is -0.723. The zero-order valence-electron chi connectivity index (χ0n) is 10.4. The van der Waals surface area contributed by atoms with Crippen molar-refractivity contribution in [3.8, 4) is 0 Å². The molecule has 0 radical (unpaired) electrons.